The first-order chi connectivity index (χ1) is 11.0. The van der Waals surface area contributed by atoms with Gasteiger partial charge in [-0.25, -0.2) is 4.39 Å². The maximum Gasteiger partial charge on any atom is 0.310 e. The molecule has 0 spiro atoms. The molecule has 0 heterocycles. The molecule has 4 nitrogen and oxygen atoms in total. The Bertz CT molecular complexity index is 697. The Labute approximate surface area is 134 Å². The number of halogens is 1. The summed E-state index contributed by atoms with van der Waals surface area (Å²) in [5, 5.41) is 9.45. The van der Waals surface area contributed by atoms with E-state index < -0.39 is 5.82 Å². The van der Waals surface area contributed by atoms with Gasteiger partial charge in [0.2, 0.25) is 0 Å². The molecule has 0 atom stereocenters. The number of aliphatic hydroxyl groups excluding tert-OH is 1. The summed E-state index contributed by atoms with van der Waals surface area (Å²) in [6.07, 6.45) is 0.232. The van der Waals surface area contributed by atoms with Gasteiger partial charge >= 0.3 is 5.97 Å². The SMILES string of the molecule is CCC(=O)Oc1cccc(CO)c1COc1ccc(C)cc1F. The summed E-state index contributed by atoms with van der Waals surface area (Å²) >= 11 is 0. The van der Waals surface area contributed by atoms with Gasteiger partial charge in [0.25, 0.3) is 0 Å². The molecule has 0 aliphatic heterocycles. The molecule has 0 aliphatic rings. The second-order valence-electron chi connectivity index (χ2n) is 5.10. The summed E-state index contributed by atoms with van der Waals surface area (Å²) in [5.74, 6) is -0.423. The van der Waals surface area contributed by atoms with Gasteiger partial charge < -0.3 is 14.6 Å². The van der Waals surface area contributed by atoms with E-state index in [9.17, 15) is 14.3 Å². The number of benzene rings is 2. The van der Waals surface area contributed by atoms with Gasteiger partial charge in [0.1, 0.15) is 12.4 Å². The Morgan fingerprint density at radius 3 is 2.65 bits per heavy atom. The third kappa shape index (κ3) is 4.29. The van der Waals surface area contributed by atoms with E-state index in [-0.39, 0.29) is 31.4 Å². The number of hydrogen-bond acceptors (Lipinski definition) is 4. The first-order valence-electron chi connectivity index (χ1n) is 7.36. The summed E-state index contributed by atoms with van der Waals surface area (Å²) in [6.45, 7) is 3.24. The van der Waals surface area contributed by atoms with Gasteiger partial charge in [0, 0.05) is 12.0 Å². The fraction of sp³-hybridized carbons (Fsp3) is 0.278. The Kier molecular flexibility index (Phi) is 5.71. The van der Waals surface area contributed by atoms with Crippen molar-refractivity contribution in [1.29, 1.82) is 0 Å². The average Bonchev–Trinajstić information content (AvgIpc) is 2.54. The highest BCUT2D eigenvalue weighted by Crippen LogP contribution is 2.26. The van der Waals surface area contributed by atoms with Gasteiger partial charge in [-0.15, -0.1) is 0 Å². The normalized spacial score (nSPS) is 10.4. The standard InChI is InChI=1S/C18H19FO4/c1-3-18(21)23-16-6-4-5-13(10-20)14(16)11-22-17-8-7-12(2)9-15(17)19/h4-9,20H,3,10-11H2,1-2H3. The van der Waals surface area contributed by atoms with Crippen LogP contribution in [-0.2, 0) is 18.0 Å². The van der Waals surface area contributed by atoms with Crippen molar-refractivity contribution in [2.75, 3.05) is 0 Å². The van der Waals surface area contributed by atoms with E-state index in [1.54, 1.807) is 44.2 Å². The second-order valence-corrected chi connectivity index (χ2v) is 5.10. The fourth-order valence-corrected chi connectivity index (χ4v) is 2.09. The minimum Gasteiger partial charge on any atom is -0.486 e. The van der Waals surface area contributed by atoms with Crippen LogP contribution in [0, 0.1) is 12.7 Å². The molecule has 1 N–H and O–H groups in total. The highest BCUT2D eigenvalue weighted by Gasteiger charge is 2.14. The number of rotatable bonds is 6. The molecule has 0 aromatic heterocycles. The van der Waals surface area contributed by atoms with E-state index >= 15 is 0 Å². The van der Waals surface area contributed by atoms with Crippen molar-refractivity contribution < 1.29 is 23.8 Å². The van der Waals surface area contributed by atoms with Crippen molar-refractivity contribution in [1.82, 2.24) is 0 Å². The Morgan fingerprint density at radius 2 is 2.00 bits per heavy atom. The van der Waals surface area contributed by atoms with Crippen LogP contribution in [0.1, 0.15) is 30.0 Å². The molecule has 0 amide bonds. The van der Waals surface area contributed by atoms with Gasteiger partial charge in [-0.1, -0.05) is 25.1 Å². The summed E-state index contributed by atoms with van der Waals surface area (Å²) in [4.78, 5) is 11.5. The van der Waals surface area contributed by atoms with Gasteiger partial charge in [-0.05, 0) is 36.2 Å². The number of ether oxygens (including phenoxy) is 2. The minimum atomic E-state index is -0.460. The van der Waals surface area contributed by atoms with Gasteiger partial charge in [-0.3, -0.25) is 4.79 Å². The number of aliphatic hydroxyl groups is 1. The summed E-state index contributed by atoms with van der Waals surface area (Å²) in [5.41, 5.74) is 1.89. The van der Waals surface area contributed by atoms with Crippen molar-refractivity contribution in [3.8, 4) is 11.5 Å². The van der Waals surface area contributed by atoms with E-state index in [0.717, 1.165) is 5.56 Å². The summed E-state index contributed by atoms with van der Waals surface area (Å²) in [7, 11) is 0. The van der Waals surface area contributed by atoms with Crippen LogP contribution in [0.25, 0.3) is 0 Å². The second kappa shape index (κ2) is 7.74. The molecular weight excluding hydrogens is 299 g/mol. The molecule has 0 aliphatic carbocycles. The first-order valence-corrected chi connectivity index (χ1v) is 7.36. The molecule has 2 aromatic rings. The van der Waals surface area contributed by atoms with E-state index in [4.69, 9.17) is 9.47 Å². The van der Waals surface area contributed by atoms with Gasteiger partial charge in [0.05, 0.1) is 6.61 Å². The zero-order valence-electron chi connectivity index (χ0n) is 13.1. The molecule has 2 rings (SSSR count). The zero-order valence-corrected chi connectivity index (χ0v) is 13.1. The molecular formula is C18H19FO4. The Hall–Kier alpha value is -2.40. The highest BCUT2D eigenvalue weighted by molar-refractivity contribution is 5.72. The van der Waals surface area contributed by atoms with Crippen molar-refractivity contribution in [2.45, 2.75) is 33.5 Å². The van der Waals surface area contributed by atoms with Crippen LogP contribution in [0.2, 0.25) is 0 Å². The molecule has 5 heteroatoms. The van der Waals surface area contributed by atoms with Crippen molar-refractivity contribution in [3.63, 3.8) is 0 Å². The highest BCUT2D eigenvalue weighted by atomic mass is 19.1. The lowest BCUT2D eigenvalue weighted by Crippen LogP contribution is -2.10. The largest absolute Gasteiger partial charge is 0.486 e. The van der Waals surface area contributed by atoms with Crippen LogP contribution in [0.3, 0.4) is 0 Å². The molecule has 0 fully saturated rings. The summed E-state index contributed by atoms with van der Waals surface area (Å²) in [6, 6.07) is 9.67. The van der Waals surface area contributed by atoms with E-state index in [1.807, 2.05) is 0 Å². The van der Waals surface area contributed by atoms with Crippen LogP contribution in [0.15, 0.2) is 36.4 Å². The Morgan fingerprint density at radius 1 is 1.22 bits per heavy atom. The first kappa shape index (κ1) is 17.0. The lowest BCUT2D eigenvalue weighted by molar-refractivity contribution is -0.134. The molecule has 0 saturated heterocycles. The quantitative estimate of drug-likeness (QED) is 0.654. The number of carbonyl (C=O) groups excluding carboxylic acids is 1. The van der Waals surface area contributed by atoms with Crippen LogP contribution in [0.5, 0.6) is 11.5 Å². The number of esters is 1. The van der Waals surface area contributed by atoms with Crippen LogP contribution in [0.4, 0.5) is 4.39 Å². The molecule has 0 bridgehead atoms. The van der Waals surface area contributed by atoms with Gasteiger partial charge in [0.15, 0.2) is 11.6 Å². The number of hydrogen-bond donors (Lipinski definition) is 1. The smallest absolute Gasteiger partial charge is 0.310 e. The molecule has 0 radical (unpaired) electrons. The maximum atomic E-state index is 13.8. The molecule has 122 valence electrons. The minimum absolute atomic E-state index is 0.0109. The lowest BCUT2D eigenvalue weighted by Gasteiger charge is -2.15. The maximum absolute atomic E-state index is 13.8. The zero-order chi connectivity index (χ0) is 16.8. The fourth-order valence-electron chi connectivity index (χ4n) is 2.09. The molecule has 23 heavy (non-hydrogen) atoms. The molecule has 0 unspecified atom stereocenters. The Balaban J connectivity index is 2.24. The van der Waals surface area contributed by atoms with Crippen molar-refractivity contribution >= 4 is 5.97 Å². The topological polar surface area (TPSA) is 55.8 Å². The third-order valence-electron chi connectivity index (χ3n) is 3.37. The van der Waals surface area contributed by atoms with E-state index in [0.29, 0.717) is 16.9 Å². The summed E-state index contributed by atoms with van der Waals surface area (Å²) < 4.78 is 24.6. The third-order valence-corrected chi connectivity index (χ3v) is 3.37. The number of carbonyl (C=O) groups is 1. The monoisotopic (exact) mass is 318 g/mol. The van der Waals surface area contributed by atoms with Crippen molar-refractivity contribution in [2.24, 2.45) is 0 Å². The van der Waals surface area contributed by atoms with Crippen LogP contribution >= 0.6 is 0 Å². The van der Waals surface area contributed by atoms with Crippen LogP contribution in [-0.4, -0.2) is 11.1 Å². The average molecular weight is 318 g/mol. The predicted molar refractivity (Wildman–Crippen MR) is 83.8 cm³/mol. The van der Waals surface area contributed by atoms with Crippen molar-refractivity contribution in [3.05, 3.63) is 58.9 Å². The van der Waals surface area contributed by atoms with Crippen LogP contribution < -0.4 is 9.47 Å². The molecule has 0 saturated carbocycles. The predicted octanol–water partition coefficient (Wildman–Crippen LogP) is 3.52. The van der Waals surface area contributed by atoms with E-state index in [1.165, 1.54) is 6.07 Å². The number of aryl methyl sites for hydroxylation is 1. The van der Waals surface area contributed by atoms with Gasteiger partial charge in [-0.2, -0.15) is 0 Å². The molecule has 2 aromatic carbocycles. The lowest BCUT2D eigenvalue weighted by atomic mass is 10.1. The van der Waals surface area contributed by atoms with E-state index in [2.05, 4.69) is 0 Å².